The second-order valence-corrected chi connectivity index (χ2v) is 7.80. The number of hydrogen-bond acceptors (Lipinski definition) is 2. The zero-order valence-corrected chi connectivity index (χ0v) is 15.2. The van der Waals surface area contributed by atoms with Gasteiger partial charge in [0.2, 0.25) is 0 Å². The van der Waals surface area contributed by atoms with E-state index >= 15 is 0 Å². The van der Waals surface area contributed by atoms with Crippen molar-refractivity contribution in [1.82, 2.24) is 10.3 Å². The second kappa shape index (κ2) is 8.28. The molecule has 0 aliphatic heterocycles. The molecule has 3 unspecified atom stereocenters. The Morgan fingerprint density at radius 2 is 2.10 bits per heavy atom. The molecule has 1 aromatic heterocycles. The van der Waals surface area contributed by atoms with Gasteiger partial charge in [0.25, 0.3) is 0 Å². The maximum atomic E-state index is 4.33. The molecule has 1 aromatic rings. The van der Waals surface area contributed by atoms with Gasteiger partial charge in [-0.2, -0.15) is 0 Å². The second-order valence-electron chi connectivity index (χ2n) is 6.89. The van der Waals surface area contributed by atoms with E-state index < -0.39 is 0 Å². The van der Waals surface area contributed by atoms with Crippen LogP contribution in [0.1, 0.15) is 52.0 Å². The van der Waals surface area contributed by atoms with Crippen molar-refractivity contribution in [2.24, 2.45) is 17.8 Å². The number of rotatable bonds is 6. The maximum Gasteiger partial charge on any atom is 0.0410 e. The Labute approximate surface area is 138 Å². The summed E-state index contributed by atoms with van der Waals surface area (Å²) in [5.74, 6) is 2.53. The van der Waals surface area contributed by atoms with E-state index in [1.807, 2.05) is 12.4 Å². The van der Waals surface area contributed by atoms with E-state index in [4.69, 9.17) is 0 Å². The molecule has 0 saturated heterocycles. The first-order valence-electron chi connectivity index (χ1n) is 8.41. The summed E-state index contributed by atoms with van der Waals surface area (Å²) in [5, 5.41) is 3.65. The third-order valence-electron chi connectivity index (χ3n) is 4.87. The summed E-state index contributed by atoms with van der Waals surface area (Å²) in [7, 11) is 0. The number of nitrogens with zero attached hydrogens (tertiary/aromatic N) is 1. The predicted octanol–water partition coefficient (Wildman–Crippen LogP) is 4.83. The molecular formula is C18H29BrN2. The zero-order chi connectivity index (χ0) is 15.2. The summed E-state index contributed by atoms with van der Waals surface area (Å²) in [6, 6.07) is 2.82. The molecule has 2 rings (SSSR count). The predicted molar refractivity (Wildman–Crippen MR) is 93.4 cm³/mol. The van der Waals surface area contributed by atoms with Gasteiger partial charge in [0, 0.05) is 22.9 Å². The molecule has 1 aliphatic rings. The highest BCUT2D eigenvalue weighted by Crippen LogP contribution is 2.37. The van der Waals surface area contributed by atoms with Crippen LogP contribution < -0.4 is 5.32 Å². The number of pyridine rings is 1. The summed E-state index contributed by atoms with van der Waals surface area (Å²) in [6.45, 7) is 7.99. The van der Waals surface area contributed by atoms with Crippen molar-refractivity contribution in [1.29, 1.82) is 0 Å². The molecule has 0 bridgehead atoms. The fraction of sp³-hybridized carbons (Fsp3) is 0.722. The van der Waals surface area contributed by atoms with Crippen LogP contribution >= 0.6 is 15.9 Å². The van der Waals surface area contributed by atoms with Gasteiger partial charge in [-0.25, -0.2) is 0 Å². The van der Waals surface area contributed by atoms with Crippen molar-refractivity contribution >= 4 is 15.9 Å². The Morgan fingerprint density at radius 3 is 2.76 bits per heavy atom. The highest BCUT2D eigenvalue weighted by molar-refractivity contribution is 9.10. The first kappa shape index (κ1) is 17.0. The van der Waals surface area contributed by atoms with Gasteiger partial charge in [-0.05, 0) is 71.1 Å². The van der Waals surface area contributed by atoms with Crippen molar-refractivity contribution in [3.8, 4) is 0 Å². The summed E-state index contributed by atoms with van der Waals surface area (Å²) < 4.78 is 1.10. The van der Waals surface area contributed by atoms with Crippen molar-refractivity contribution in [2.45, 2.75) is 58.9 Å². The molecule has 118 valence electrons. The Kier molecular flexibility index (Phi) is 6.69. The van der Waals surface area contributed by atoms with E-state index in [1.165, 1.54) is 44.2 Å². The van der Waals surface area contributed by atoms with Crippen LogP contribution in [0.5, 0.6) is 0 Å². The number of aromatic nitrogens is 1. The minimum Gasteiger partial charge on any atom is -0.314 e. The Morgan fingerprint density at radius 1 is 1.29 bits per heavy atom. The number of hydrogen-bond donors (Lipinski definition) is 1. The van der Waals surface area contributed by atoms with Crippen LogP contribution in [0.2, 0.25) is 0 Å². The Bertz CT molecular complexity index is 433. The van der Waals surface area contributed by atoms with E-state index in [0.29, 0.717) is 6.04 Å². The van der Waals surface area contributed by atoms with Gasteiger partial charge in [0.1, 0.15) is 0 Å². The molecule has 0 amide bonds. The van der Waals surface area contributed by atoms with Gasteiger partial charge in [-0.3, -0.25) is 4.98 Å². The summed E-state index contributed by atoms with van der Waals surface area (Å²) in [4.78, 5) is 4.33. The first-order valence-corrected chi connectivity index (χ1v) is 9.20. The lowest BCUT2D eigenvalue weighted by Crippen LogP contribution is -2.36. The van der Waals surface area contributed by atoms with E-state index in [0.717, 1.165) is 22.2 Å². The van der Waals surface area contributed by atoms with Gasteiger partial charge in [-0.15, -0.1) is 0 Å². The van der Waals surface area contributed by atoms with E-state index in [1.54, 1.807) is 0 Å². The van der Waals surface area contributed by atoms with Crippen LogP contribution in [-0.4, -0.2) is 17.6 Å². The van der Waals surface area contributed by atoms with Gasteiger partial charge >= 0.3 is 0 Å². The van der Waals surface area contributed by atoms with Crippen LogP contribution in [-0.2, 0) is 6.42 Å². The molecule has 0 aromatic carbocycles. The Balaban J connectivity index is 2.02. The largest absolute Gasteiger partial charge is 0.314 e. The number of nitrogens with one attached hydrogen (secondary N) is 1. The van der Waals surface area contributed by atoms with Crippen LogP contribution in [0.25, 0.3) is 0 Å². The Hall–Kier alpha value is -0.410. The number of halogens is 1. The minimum absolute atomic E-state index is 0.585. The van der Waals surface area contributed by atoms with Crippen molar-refractivity contribution in [3.63, 3.8) is 0 Å². The van der Waals surface area contributed by atoms with E-state index in [-0.39, 0.29) is 0 Å². The lowest BCUT2D eigenvalue weighted by atomic mass is 9.71. The van der Waals surface area contributed by atoms with Gasteiger partial charge < -0.3 is 5.32 Å². The third kappa shape index (κ3) is 5.37. The third-order valence-corrected chi connectivity index (χ3v) is 5.31. The molecule has 1 saturated carbocycles. The average molecular weight is 353 g/mol. The lowest BCUT2D eigenvalue weighted by Gasteiger charge is -2.36. The van der Waals surface area contributed by atoms with Gasteiger partial charge in [0.05, 0.1) is 0 Å². The molecule has 0 radical (unpaired) electrons. The zero-order valence-electron chi connectivity index (χ0n) is 13.6. The molecule has 1 fully saturated rings. The molecular weight excluding hydrogens is 324 g/mol. The van der Waals surface area contributed by atoms with Gasteiger partial charge in [-0.1, -0.05) is 33.6 Å². The monoisotopic (exact) mass is 352 g/mol. The van der Waals surface area contributed by atoms with Crippen molar-refractivity contribution in [2.75, 3.05) is 6.54 Å². The summed E-state index contributed by atoms with van der Waals surface area (Å²) in [6.07, 6.45) is 10.6. The quantitative estimate of drug-likeness (QED) is 0.793. The normalized spacial score (nSPS) is 26.2. The van der Waals surface area contributed by atoms with E-state index in [2.05, 4.69) is 53.1 Å². The first-order chi connectivity index (χ1) is 10.1. The lowest BCUT2D eigenvalue weighted by molar-refractivity contribution is 0.169. The van der Waals surface area contributed by atoms with E-state index in [9.17, 15) is 0 Å². The summed E-state index contributed by atoms with van der Waals surface area (Å²) in [5.41, 5.74) is 1.38. The van der Waals surface area contributed by atoms with Crippen LogP contribution in [0.15, 0.2) is 22.9 Å². The van der Waals surface area contributed by atoms with Gasteiger partial charge in [0.15, 0.2) is 0 Å². The minimum atomic E-state index is 0.585. The smallest absolute Gasteiger partial charge is 0.0410 e. The maximum absolute atomic E-state index is 4.33. The van der Waals surface area contributed by atoms with Crippen LogP contribution in [0.3, 0.4) is 0 Å². The molecule has 1 N–H and O–H groups in total. The molecule has 21 heavy (non-hydrogen) atoms. The van der Waals surface area contributed by atoms with Crippen molar-refractivity contribution in [3.05, 3.63) is 28.5 Å². The SMILES string of the molecule is CCC1CCC(CNC(C)C)C(Cc2cncc(Br)c2)C1. The molecule has 1 heterocycles. The highest BCUT2D eigenvalue weighted by Gasteiger charge is 2.29. The average Bonchev–Trinajstić information content (AvgIpc) is 2.45. The van der Waals surface area contributed by atoms with Crippen LogP contribution in [0, 0.1) is 17.8 Å². The van der Waals surface area contributed by atoms with Crippen molar-refractivity contribution < 1.29 is 0 Å². The fourth-order valence-electron chi connectivity index (χ4n) is 3.57. The molecule has 3 atom stereocenters. The fourth-order valence-corrected chi connectivity index (χ4v) is 3.98. The molecule has 2 nitrogen and oxygen atoms in total. The molecule has 3 heteroatoms. The topological polar surface area (TPSA) is 24.9 Å². The van der Waals surface area contributed by atoms with Crippen LogP contribution in [0.4, 0.5) is 0 Å². The molecule has 0 spiro atoms. The summed E-state index contributed by atoms with van der Waals surface area (Å²) >= 11 is 3.54. The standard InChI is InChI=1S/C18H29BrN2/c1-4-14-5-6-16(11-21-13(2)3)17(7-14)8-15-9-18(19)12-20-10-15/h9-10,12-14,16-17,21H,4-8,11H2,1-3H3. The highest BCUT2D eigenvalue weighted by atomic mass is 79.9. The molecule has 1 aliphatic carbocycles.